The van der Waals surface area contributed by atoms with Crippen LogP contribution in [0.5, 0.6) is 0 Å². The van der Waals surface area contributed by atoms with Crippen molar-refractivity contribution in [3.05, 3.63) is 0 Å². The third-order valence-corrected chi connectivity index (χ3v) is 3.04. The first kappa shape index (κ1) is 11.5. The Balaban J connectivity index is 2.39. The zero-order valence-corrected chi connectivity index (χ0v) is 9.23. The Kier molecular flexibility index (Phi) is 3.89. The smallest absolute Gasteiger partial charge is 0.308 e. The second-order valence-corrected chi connectivity index (χ2v) is 4.31. The van der Waals surface area contributed by atoms with Crippen LogP contribution in [0.25, 0.3) is 0 Å². The summed E-state index contributed by atoms with van der Waals surface area (Å²) in [6.45, 7) is 4.90. The Morgan fingerprint density at radius 3 is 2.64 bits per heavy atom. The SMILES string of the molecule is C[C@@H]1[C@@H](C(=O)O)CCN1CCN(C)C. The molecule has 1 N–H and O–H groups in total. The Morgan fingerprint density at radius 1 is 1.57 bits per heavy atom. The van der Waals surface area contributed by atoms with Gasteiger partial charge in [0.25, 0.3) is 0 Å². The Hall–Kier alpha value is -0.610. The van der Waals surface area contributed by atoms with Crippen molar-refractivity contribution in [1.82, 2.24) is 9.80 Å². The van der Waals surface area contributed by atoms with Crippen molar-refractivity contribution in [3.63, 3.8) is 0 Å². The highest BCUT2D eigenvalue weighted by atomic mass is 16.4. The number of carboxylic acids is 1. The van der Waals surface area contributed by atoms with Gasteiger partial charge in [0.05, 0.1) is 5.92 Å². The number of hydrogen-bond donors (Lipinski definition) is 1. The van der Waals surface area contributed by atoms with Gasteiger partial charge < -0.3 is 10.0 Å². The number of aliphatic carboxylic acids is 1. The maximum atomic E-state index is 10.9. The molecule has 0 spiro atoms. The molecule has 0 saturated carbocycles. The molecular weight excluding hydrogens is 180 g/mol. The highest BCUT2D eigenvalue weighted by Crippen LogP contribution is 2.23. The number of hydrogen-bond acceptors (Lipinski definition) is 3. The lowest BCUT2D eigenvalue weighted by molar-refractivity contribution is -0.142. The summed E-state index contributed by atoms with van der Waals surface area (Å²) < 4.78 is 0. The van der Waals surface area contributed by atoms with Crippen molar-refractivity contribution in [3.8, 4) is 0 Å². The fourth-order valence-electron chi connectivity index (χ4n) is 1.98. The lowest BCUT2D eigenvalue weighted by atomic mass is 10.0. The summed E-state index contributed by atoms with van der Waals surface area (Å²) in [6.07, 6.45) is 0.796. The zero-order chi connectivity index (χ0) is 10.7. The van der Waals surface area contributed by atoms with Gasteiger partial charge in [-0.05, 0) is 34.0 Å². The van der Waals surface area contributed by atoms with Crippen molar-refractivity contribution >= 4 is 5.97 Å². The van der Waals surface area contributed by atoms with E-state index < -0.39 is 5.97 Å². The molecule has 0 aliphatic carbocycles. The van der Waals surface area contributed by atoms with E-state index in [1.807, 2.05) is 21.0 Å². The minimum atomic E-state index is -0.648. The molecule has 0 radical (unpaired) electrons. The molecule has 0 unspecified atom stereocenters. The number of rotatable bonds is 4. The van der Waals surface area contributed by atoms with Gasteiger partial charge >= 0.3 is 5.97 Å². The molecule has 1 fully saturated rings. The summed E-state index contributed by atoms with van der Waals surface area (Å²) in [6, 6.07) is 0.187. The van der Waals surface area contributed by atoms with Crippen LogP contribution in [0.1, 0.15) is 13.3 Å². The first-order valence-corrected chi connectivity index (χ1v) is 5.14. The molecule has 1 saturated heterocycles. The average molecular weight is 200 g/mol. The van der Waals surface area contributed by atoms with Crippen molar-refractivity contribution < 1.29 is 9.90 Å². The number of nitrogens with zero attached hydrogens (tertiary/aromatic N) is 2. The second-order valence-electron chi connectivity index (χ2n) is 4.31. The van der Waals surface area contributed by atoms with E-state index in [4.69, 9.17) is 5.11 Å². The summed E-state index contributed by atoms with van der Waals surface area (Å²) in [5.41, 5.74) is 0. The molecule has 1 rings (SSSR count). The van der Waals surface area contributed by atoms with Crippen LogP contribution in [0, 0.1) is 5.92 Å². The Morgan fingerprint density at radius 2 is 2.21 bits per heavy atom. The van der Waals surface area contributed by atoms with Gasteiger partial charge in [-0.1, -0.05) is 0 Å². The van der Waals surface area contributed by atoms with E-state index in [1.165, 1.54) is 0 Å². The molecule has 82 valence electrons. The van der Waals surface area contributed by atoms with E-state index in [9.17, 15) is 4.79 Å². The van der Waals surface area contributed by atoms with Gasteiger partial charge in [-0.2, -0.15) is 0 Å². The average Bonchev–Trinajstić information content (AvgIpc) is 2.43. The van der Waals surface area contributed by atoms with Crippen LogP contribution in [-0.2, 0) is 4.79 Å². The van der Waals surface area contributed by atoms with Crippen LogP contribution >= 0.6 is 0 Å². The molecule has 1 heterocycles. The number of likely N-dealkylation sites (N-methyl/N-ethyl adjacent to an activating group) is 1. The minimum Gasteiger partial charge on any atom is -0.481 e. The van der Waals surface area contributed by atoms with E-state index in [2.05, 4.69) is 9.80 Å². The molecule has 1 aliphatic rings. The van der Waals surface area contributed by atoms with Gasteiger partial charge in [0, 0.05) is 19.1 Å². The van der Waals surface area contributed by atoms with Crippen LogP contribution in [0.15, 0.2) is 0 Å². The molecule has 4 nitrogen and oxygen atoms in total. The topological polar surface area (TPSA) is 43.8 Å². The fraction of sp³-hybridized carbons (Fsp3) is 0.900. The first-order valence-electron chi connectivity index (χ1n) is 5.14. The monoisotopic (exact) mass is 200 g/mol. The van der Waals surface area contributed by atoms with Crippen LogP contribution in [0.3, 0.4) is 0 Å². The lowest BCUT2D eigenvalue weighted by Crippen LogP contribution is -2.37. The molecule has 2 atom stereocenters. The summed E-state index contributed by atoms with van der Waals surface area (Å²) in [7, 11) is 4.07. The molecule has 4 heteroatoms. The summed E-state index contributed by atoms with van der Waals surface area (Å²) in [4.78, 5) is 15.2. The highest BCUT2D eigenvalue weighted by molar-refractivity contribution is 5.71. The number of carboxylic acid groups (broad SMARTS) is 1. The van der Waals surface area contributed by atoms with Gasteiger partial charge in [0.1, 0.15) is 0 Å². The Labute approximate surface area is 85.5 Å². The summed E-state index contributed by atoms with van der Waals surface area (Å²) in [5, 5.41) is 8.94. The maximum absolute atomic E-state index is 10.9. The van der Waals surface area contributed by atoms with Crippen molar-refractivity contribution in [2.75, 3.05) is 33.7 Å². The number of carbonyl (C=O) groups is 1. The molecule has 1 aliphatic heterocycles. The second kappa shape index (κ2) is 4.75. The third kappa shape index (κ3) is 2.69. The van der Waals surface area contributed by atoms with Gasteiger partial charge in [0.2, 0.25) is 0 Å². The van der Waals surface area contributed by atoms with Gasteiger partial charge in [-0.15, -0.1) is 0 Å². The van der Waals surface area contributed by atoms with Crippen molar-refractivity contribution in [2.24, 2.45) is 5.92 Å². The van der Waals surface area contributed by atoms with Crippen molar-refractivity contribution in [2.45, 2.75) is 19.4 Å². The Bertz CT molecular complexity index is 206. The largest absolute Gasteiger partial charge is 0.481 e. The maximum Gasteiger partial charge on any atom is 0.308 e. The molecule has 0 aromatic carbocycles. The standard InChI is InChI=1S/C10H20N2O2/c1-8-9(10(13)14)4-5-12(8)7-6-11(2)3/h8-9H,4-7H2,1-3H3,(H,13,14)/t8-,9+/m1/s1. The molecule has 0 amide bonds. The normalized spacial score (nSPS) is 28.6. The van der Waals surface area contributed by atoms with Crippen LogP contribution < -0.4 is 0 Å². The number of likely N-dealkylation sites (tertiary alicyclic amines) is 1. The molecule has 0 aromatic heterocycles. The van der Waals surface area contributed by atoms with E-state index in [-0.39, 0.29) is 12.0 Å². The van der Waals surface area contributed by atoms with E-state index in [0.717, 1.165) is 26.1 Å². The van der Waals surface area contributed by atoms with Gasteiger partial charge in [-0.25, -0.2) is 0 Å². The van der Waals surface area contributed by atoms with Crippen LogP contribution in [-0.4, -0.2) is 60.6 Å². The fourth-order valence-corrected chi connectivity index (χ4v) is 1.98. The van der Waals surface area contributed by atoms with Gasteiger partial charge in [-0.3, -0.25) is 9.69 Å². The van der Waals surface area contributed by atoms with Crippen molar-refractivity contribution in [1.29, 1.82) is 0 Å². The lowest BCUT2D eigenvalue weighted by Gasteiger charge is -2.24. The quantitative estimate of drug-likeness (QED) is 0.711. The molecule has 0 bridgehead atoms. The van der Waals surface area contributed by atoms with E-state index in [1.54, 1.807) is 0 Å². The van der Waals surface area contributed by atoms with E-state index in [0.29, 0.717) is 0 Å². The highest BCUT2D eigenvalue weighted by Gasteiger charge is 2.34. The minimum absolute atomic E-state index is 0.169. The molecule has 14 heavy (non-hydrogen) atoms. The van der Waals surface area contributed by atoms with Crippen LogP contribution in [0.4, 0.5) is 0 Å². The molecular formula is C10H20N2O2. The summed E-state index contributed by atoms with van der Waals surface area (Å²) >= 11 is 0. The van der Waals surface area contributed by atoms with E-state index >= 15 is 0 Å². The third-order valence-electron chi connectivity index (χ3n) is 3.04. The van der Waals surface area contributed by atoms with Gasteiger partial charge in [0.15, 0.2) is 0 Å². The zero-order valence-electron chi connectivity index (χ0n) is 9.23. The first-order chi connectivity index (χ1) is 6.52. The summed E-state index contributed by atoms with van der Waals surface area (Å²) in [5.74, 6) is -0.818. The van der Waals surface area contributed by atoms with Crippen LogP contribution in [0.2, 0.25) is 0 Å². The molecule has 0 aromatic rings. The predicted molar refractivity (Wildman–Crippen MR) is 55.3 cm³/mol. The predicted octanol–water partition coefficient (Wildman–Crippen LogP) is 0.343.